The van der Waals surface area contributed by atoms with Crippen molar-refractivity contribution in [2.75, 3.05) is 11.9 Å². The molecule has 0 aromatic carbocycles. The Bertz CT molecular complexity index is 447. The van der Waals surface area contributed by atoms with Crippen LogP contribution >= 0.6 is 0 Å². The zero-order chi connectivity index (χ0) is 14.8. The molecule has 110 valence electrons. The first-order valence-corrected chi connectivity index (χ1v) is 7.42. The molecule has 0 bridgehead atoms. The van der Waals surface area contributed by atoms with E-state index in [0.29, 0.717) is 0 Å². The van der Waals surface area contributed by atoms with Crippen molar-refractivity contribution in [2.45, 2.75) is 58.7 Å². The molecule has 1 N–H and O–H groups in total. The Morgan fingerprint density at radius 3 is 2.45 bits per heavy atom. The average Bonchev–Trinajstić information content (AvgIpc) is 2.59. The minimum atomic E-state index is -0.363. The van der Waals surface area contributed by atoms with Crippen molar-refractivity contribution < 1.29 is 9.31 Å². The first kappa shape index (κ1) is 15.3. The summed E-state index contributed by atoms with van der Waals surface area (Å²) in [5, 5.41) is 3.37. The summed E-state index contributed by atoms with van der Waals surface area (Å²) in [5.74, 6) is 0.861. The van der Waals surface area contributed by atoms with Crippen LogP contribution in [-0.2, 0) is 9.31 Å². The van der Waals surface area contributed by atoms with Crippen LogP contribution in [0, 0.1) is 0 Å². The zero-order valence-electron chi connectivity index (χ0n) is 13.2. The molecule has 0 aliphatic carbocycles. The van der Waals surface area contributed by atoms with Crippen molar-refractivity contribution in [3.05, 3.63) is 18.3 Å². The third-order valence-corrected chi connectivity index (χ3v) is 4.17. The number of nitrogens with one attached hydrogen (secondary N) is 1. The normalized spacial score (nSPS) is 20.1. The maximum atomic E-state index is 6.09. The standard InChI is InChI=1S/C15H25BN2O2/c1-6-7-10-17-13-12(9-8-11-18-13)16-19-14(2,3)15(4,5)20-16/h8-9,11H,6-7,10H2,1-5H3,(H,17,18). The molecule has 2 rings (SSSR count). The molecule has 1 aromatic heterocycles. The number of anilines is 1. The molecule has 0 amide bonds. The summed E-state index contributed by atoms with van der Waals surface area (Å²) >= 11 is 0. The van der Waals surface area contributed by atoms with Crippen LogP contribution in [0.4, 0.5) is 5.82 Å². The van der Waals surface area contributed by atoms with Crippen molar-refractivity contribution in [3.8, 4) is 0 Å². The van der Waals surface area contributed by atoms with E-state index < -0.39 is 0 Å². The quantitative estimate of drug-likeness (QED) is 0.663. The van der Waals surface area contributed by atoms with Gasteiger partial charge in [-0.2, -0.15) is 0 Å². The lowest BCUT2D eigenvalue weighted by Crippen LogP contribution is -2.41. The van der Waals surface area contributed by atoms with Crippen LogP contribution in [0.15, 0.2) is 18.3 Å². The highest BCUT2D eigenvalue weighted by Crippen LogP contribution is 2.36. The molecule has 20 heavy (non-hydrogen) atoms. The third-order valence-electron chi connectivity index (χ3n) is 4.17. The van der Waals surface area contributed by atoms with Gasteiger partial charge >= 0.3 is 7.12 Å². The SMILES string of the molecule is CCCCNc1ncccc1B1OC(C)(C)C(C)(C)O1. The Labute approximate surface area is 122 Å². The van der Waals surface area contributed by atoms with Crippen LogP contribution in [0.25, 0.3) is 0 Å². The number of aromatic nitrogens is 1. The van der Waals surface area contributed by atoms with Gasteiger partial charge in [-0.25, -0.2) is 4.98 Å². The Kier molecular flexibility index (Phi) is 4.40. The Hall–Kier alpha value is -1.07. The van der Waals surface area contributed by atoms with Gasteiger partial charge in [0, 0.05) is 18.2 Å². The first-order chi connectivity index (χ1) is 9.37. The molecule has 0 radical (unpaired) electrons. The summed E-state index contributed by atoms with van der Waals surface area (Å²) in [6.07, 6.45) is 4.08. The fourth-order valence-electron chi connectivity index (χ4n) is 2.11. The van der Waals surface area contributed by atoms with E-state index in [1.54, 1.807) is 6.20 Å². The van der Waals surface area contributed by atoms with Gasteiger partial charge in [-0.05, 0) is 40.2 Å². The van der Waals surface area contributed by atoms with Crippen molar-refractivity contribution in [1.82, 2.24) is 4.98 Å². The van der Waals surface area contributed by atoms with Gasteiger partial charge in [0.2, 0.25) is 0 Å². The molecular weight excluding hydrogens is 251 g/mol. The largest absolute Gasteiger partial charge is 0.498 e. The molecule has 2 heterocycles. The van der Waals surface area contributed by atoms with Crippen molar-refractivity contribution in [1.29, 1.82) is 0 Å². The third kappa shape index (κ3) is 2.99. The molecule has 0 atom stereocenters. The van der Waals surface area contributed by atoms with E-state index in [-0.39, 0.29) is 18.3 Å². The predicted molar refractivity (Wildman–Crippen MR) is 83.4 cm³/mol. The van der Waals surface area contributed by atoms with E-state index in [9.17, 15) is 0 Å². The lowest BCUT2D eigenvalue weighted by atomic mass is 9.79. The highest BCUT2D eigenvalue weighted by Gasteiger charge is 2.52. The zero-order valence-corrected chi connectivity index (χ0v) is 13.2. The smallest absolute Gasteiger partial charge is 0.399 e. The average molecular weight is 276 g/mol. The van der Waals surface area contributed by atoms with Gasteiger partial charge in [0.15, 0.2) is 0 Å². The van der Waals surface area contributed by atoms with Crippen molar-refractivity contribution >= 4 is 18.4 Å². The van der Waals surface area contributed by atoms with Crippen LogP contribution in [0.5, 0.6) is 0 Å². The second kappa shape index (κ2) is 5.74. The fraction of sp³-hybridized carbons (Fsp3) is 0.667. The van der Waals surface area contributed by atoms with E-state index >= 15 is 0 Å². The highest BCUT2D eigenvalue weighted by molar-refractivity contribution is 6.63. The molecule has 4 nitrogen and oxygen atoms in total. The molecule has 1 aliphatic rings. The summed E-state index contributed by atoms with van der Waals surface area (Å²) in [7, 11) is -0.363. The fourth-order valence-corrected chi connectivity index (χ4v) is 2.11. The Morgan fingerprint density at radius 2 is 1.85 bits per heavy atom. The number of nitrogens with zero attached hydrogens (tertiary/aromatic N) is 1. The van der Waals surface area contributed by atoms with Gasteiger partial charge < -0.3 is 14.6 Å². The molecule has 0 unspecified atom stereocenters. The predicted octanol–water partition coefficient (Wildman–Crippen LogP) is 2.59. The second-order valence-corrected chi connectivity index (χ2v) is 6.31. The van der Waals surface area contributed by atoms with Crippen LogP contribution in [-0.4, -0.2) is 29.8 Å². The summed E-state index contributed by atoms with van der Waals surface area (Å²) in [6.45, 7) is 11.3. The van der Waals surface area contributed by atoms with Crippen molar-refractivity contribution in [2.24, 2.45) is 0 Å². The van der Waals surface area contributed by atoms with Gasteiger partial charge in [-0.3, -0.25) is 0 Å². The van der Waals surface area contributed by atoms with Crippen LogP contribution < -0.4 is 10.8 Å². The maximum absolute atomic E-state index is 6.09. The summed E-state index contributed by atoms with van der Waals surface area (Å²) in [6, 6.07) is 3.94. The maximum Gasteiger partial charge on any atom is 0.498 e. The number of hydrogen-bond acceptors (Lipinski definition) is 4. The summed E-state index contributed by atoms with van der Waals surface area (Å²) in [4.78, 5) is 4.42. The van der Waals surface area contributed by atoms with E-state index in [1.807, 2.05) is 12.1 Å². The lowest BCUT2D eigenvalue weighted by molar-refractivity contribution is 0.00578. The van der Waals surface area contributed by atoms with Crippen LogP contribution in [0.2, 0.25) is 0 Å². The van der Waals surface area contributed by atoms with Gasteiger partial charge in [-0.1, -0.05) is 19.4 Å². The van der Waals surface area contributed by atoms with E-state index in [4.69, 9.17) is 9.31 Å². The summed E-state index contributed by atoms with van der Waals surface area (Å²) < 4.78 is 12.2. The van der Waals surface area contributed by atoms with Crippen LogP contribution in [0.1, 0.15) is 47.5 Å². The van der Waals surface area contributed by atoms with Gasteiger partial charge in [-0.15, -0.1) is 0 Å². The van der Waals surface area contributed by atoms with E-state index in [0.717, 1.165) is 30.7 Å². The van der Waals surface area contributed by atoms with E-state index in [1.165, 1.54) is 0 Å². The molecule has 1 aromatic rings. The first-order valence-electron chi connectivity index (χ1n) is 7.42. The molecular formula is C15H25BN2O2. The number of rotatable bonds is 5. The Morgan fingerprint density at radius 1 is 1.20 bits per heavy atom. The molecule has 0 saturated carbocycles. The molecule has 1 fully saturated rings. The molecule has 0 spiro atoms. The number of pyridine rings is 1. The van der Waals surface area contributed by atoms with E-state index in [2.05, 4.69) is 44.9 Å². The topological polar surface area (TPSA) is 43.4 Å². The van der Waals surface area contributed by atoms with Gasteiger partial charge in [0.1, 0.15) is 5.82 Å². The van der Waals surface area contributed by atoms with Crippen molar-refractivity contribution in [3.63, 3.8) is 0 Å². The molecule has 5 heteroatoms. The van der Waals surface area contributed by atoms with Gasteiger partial charge in [0.25, 0.3) is 0 Å². The summed E-state index contributed by atoms with van der Waals surface area (Å²) in [5.41, 5.74) is 0.324. The number of unbranched alkanes of at least 4 members (excludes halogenated alkanes) is 1. The molecule has 1 saturated heterocycles. The minimum absolute atomic E-state index is 0.325. The Balaban J connectivity index is 2.17. The molecule has 1 aliphatic heterocycles. The lowest BCUT2D eigenvalue weighted by Gasteiger charge is -2.32. The monoisotopic (exact) mass is 276 g/mol. The highest BCUT2D eigenvalue weighted by atomic mass is 16.7. The van der Waals surface area contributed by atoms with Gasteiger partial charge in [0.05, 0.1) is 11.2 Å². The van der Waals surface area contributed by atoms with Crippen LogP contribution in [0.3, 0.4) is 0 Å². The minimum Gasteiger partial charge on any atom is -0.399 e. The number of hydrogen-bond donors (Lipinski definition) is 1. The second-order valence-electron chi connectivity index (χ2n) is 6.31.